The van der Waals surface area contributed by atoms with Crippen molar-refractivity contribution in [2.24, 2.45) is 0 Å². The van der Waals surface area contributed by atoms with Crippen LogP contribution in [0.2, 0.25) is 0 Å². The Hall–Kier alpha value is -3.01. The predicted octanol–water partition coefficient (Wildman–Crippen LogP) is 2.00. The van der Waals surface area contributed by atoms with Crippen molar-refractivity contribution >= 4 is 34.3 Å². The largest absolute Gasteiger partial charge is 0.497 e. The minimum atomic E-state index is -0.789. The van der Waals surface area contributed by atoms with Gasteiger partial charge in [0.25, 0.3) is 0 Å². The van der Waals surface area contributed by atoms with Crippen LogP contribution in [-0.4, -0.2) is 47.7 Å². The van der Waals surface area contributed by atoms with E-state index in [1.54, 1.807) is 21.0 Å². The lowest BCUT2D eigenvalue weighted by Gasteiger charge is -2.12. The maximum absolute atomic E-state index is 12.2. The van der Waals surface area contributed by atoms with Crippen LogP contribution in [0.15, 0.2) is 24.3 Å². The number of carbonyl (C=O) groups excluding carboxylic acids is 3. The number of benzene rings is 1. The van der Waals surface area contributed by atoms with E-state index in [0.717, 1.165) is 11.3 Å². The molecule has 0 fully saturated rings. The van der Waals surface area contributed by atoms with Crippen LogP contribution in [0.3, 0.4) is 0 Å². The fourth-order valence-corrected chi connectivity index (χ4v) is 2.92. The number of methoxy groups -OCH3 is 1. The quantitative estimate of drug-likeness (QED) is 0.611. The molecule has 1 unspecified atom stereocenters. The molecule has 9 nitrogen and oxygen atoms in total. The van der Waals surface area contributed by atoms with Gasteiger partial charge >= 0.3 is 5.97 Å². The number of rotatable bonds is 9. The maximum Gasteiger partial charge on any atom is 0.306 e. The fourth-order valence-electron chi connectivity index (χ4n) is 2.17. The molecule has 0 bridgehead atoms. The van der Waals surface area contributed by atoms with Crippen molar-refractivity contribution in [3.63, 3.8) is 0 Å². The Morgan fingerprint density at radius 2 is 1.86 bits per heavy atom. The number of amides is 2. The Labute approximate surface area is 166 Å². The van der Waals surface area contributed by atoms with E-state index in [4.69, 9.17) is 9.47 Å². The van der Waals surface area contributed by atoms with Crippen LogP contribution in [0.1, 0.15) is 26.7 Å². The van der Waals surface area contributed by atoms with Gasteiger partial charge in [-0.3, -0.25) is 19.7 Å². The zero-order valence-corrected chi connectivity index (χ0v) is 16.7. The summed E-state index contributed by atoms with van der Waals surface area (Å²) in [5.74, 6) is -0.558. The third-order valence-corrected chi connectivity index (χ3v) is 4.51. The molecule has 0 radical (unpaired) electrons. The third-order valence-electron chi connectivity index (χ3n) is 3.62. The predicted molar refractivity (Wildman–Crippen MR) is 104 cm³/mol. The second-order valence-corrected chi connectivity index (χ2v) is 6.70. The molecule has 150 valence electrons. The first kappa shape index (κ1) is 21.3. The van der Waals surface area contributed by atoms with Crippen LogP contribution >= 0.6 is 11.3 Å². The van der Waals surface area contributed by atoms with Crippen LogP contribution < -0.4 is 15.4 Å². The van der Waals surface area contributed by atoms with Crippen LogP contribution in [0.25, 0.3) is 10.6 Å². The SMILES string of the molecule is CCOC(=O)CCC(=O)NC(C)C(=O)Nc1nnc(-c2ccc(OC)cc2)s1. The highest BCUT2D eigenvalue weighted by atomic mass is 32.1. The number of ether oxygens (including phenoxy) is 2. The molecule has 0 saturated heterocycles. The summed E-state index contributed by atoms with van der Waals surface area (Å²) in [4.78, 5) is 35.3. The first-order valence-electron chi connectivity index (χ1n) is 8.66. The summed E-state index contributed by atoms with van der Waals surface area (Å²) in [6.45, 7) is 3.50. The Bertz CT molecular complexity index is 822. The Kier molecular flexibility index (Phi) is 7.88. The van der Waals surface area contributed by atoms with E-state index in [0.29, 0.717) is 10.1 Å². The van der Waals surface area contributed by atoms with Crippen molar-refractivity contribution in [2.75, 3.05) is 19.0 Å². The minimum absolute atomic E-state index is 0.0321. The topological polar surface area (TPSA) is 120 Å². The average molecular weight is 406 g/mol. The molecule has 1 heterocycles. The van der Waals surface area contributed by atoms with Crippen LogP contribution in [-0.2, 0) is 19.1 Å². The van der Waals surface area contributed by atoms with Gasteiger partial charge in [0.1, 0.15) is 16.8 Å². The lowest BCUT2D eigenvalue weighted by molar-refractivity contribution is -0.144. The molecule has 0 aliphatic heterocycles. The number of hydrogen-bond donors (Lipinski definition) is 2. The van der Waals surface area contributed by atoms with Gasteiger partial charge in [-0.1, -0.05) is 11.3 Å². The highest BCUT2D eigenvalue weighted by Gasteiger charge is 2.18. The lowest BCUT2D eigenvalue weighted by Crippen LogP contribution is -2.41. The van der Waals surface area contributed by atoms with Gasteiger partial charge in [0.15, 0.2) is 0 Å². The molecule has 2 rings (SSSR count). The van der Waals surface area contributed by atoms with Gasteiger partial charge in [-0.25, -0.2) is 0 Å². The van der Waals surface area contributed by atoms with E-state index in [1.165, 1.54) is 11.3 Å². The van der Waals surface area contributed by atoms with Crippen molar-refractivity contribution < 1.29 is 23.9 Å². The molecule has 10 heteroatoms. The first-order valence-corrected chi connectivity index (χ1v) is 9.48. The number of esters is 1. The van der Waals surface area contributed by atoms with Crippen LogP contribution in [0.4, 0.5) is 5.13 Å². The molecule has 0 aliphatic rings. The second kappa shape index (κ2) is 10.4. The van der Waals surface area contributed by atoms with Gasteiger partial charge in [0, 0.05) is 12.0 Å². The van der Waals surface area contributed by atoms with Crippen molar-refractivity contribution in [2.45, 2.75) is 32.7 Å². The highest BCUT2D eigenvalue weighted by Crippen LogP contribution is 2.27. The molecule has 0 spiro atoms. The standard InChI is InChI=1S/C18H22N4O5S/c1-4-27-15(24)10-9-14(23)19-11(2)16(25)20-18-22-21-17(28-18)12-5-7-13(26-3)8-6-12/h5-8,11H,4,9-10H2,1-3H3,(H,19,23)(H,20,22,25). The van der Waals surface area contributed by atoms with E-state index in [9.17, 15) is 14.4 Å². The molecule has 1 atom stereocenters. The summed E-state index contributed by atoms with van der Waals surface area (Å²) in [5, 5.41) is 14.1. The summed E-state index contributed by atoms with van der Waals surface area (Å²) in [7, 11) is 1.59. The number of nitrogens with one attached hydrogen (secondary N) is 2. The normalized spacial score (nSPS) is 11.4. The van der Waals surface area contributed by atoms with E-state index in [2.05, 4.69) is 20.8 Å². The minimum Gasteiger partial charge on any atom is -0.497 e. The van der Waals surface area contributed by atoms with E-state index < -0.39 is 23.8 Å². The molecule has 2 amide bonds. The molecular weight excluding hydrogens is 384 g/mol. The maximum atomic E-state index is 12.2. The molecule has 28 heavy (non-hydrogen) atoms. The number of nitrogens with zero attached hydrogens (tertiary/aromatic N) is 2. The summed E-state index contributed by atoms with van der Waals surface area (Å²) in [5.41, 5.74) is 0.846. The molecule has 0 aliphatic carbocycles. The van der Waals surface area contributed by atoms with Crippen molar-refractivity contribution in [1.29, 1.82) is 0 Å². The smallest absolute Gasteiger partial charge is 0.306 e. The lowest BCUT2D eigenvalue weighted by atomic mass is 10.2. The average Bonchev–Trinajstić information content (AvgIpc) is 3.15. The van der Waals surface area contributed by atoms with Gasteiger partial charge in [-0.15, -0.1) is 10.2 Å². The van der Waals surface area contributed by atoms with Gasteiger partial charge < -0.3 is 14.8 Å². The van der Waals surface area contributed by atoms with Crippen molar-refractivity contribution in [3.05, 3.63) is 24.3 Å². The first-order chi connectivity index (χ1) is 13.4. The summed E-state index contributed by atoms with van der Waals surface area (Å²) >= 11 is 1.21. The van der Waals surface area contributed by atoms with Gasteiger partial charge in [0.05, 0.1) is 20.1 Å². The van der Waals surface area contributed by atoms with Gasteiger partial charge in [0.2, 0.25) is 16.9 Å². The van der Waals surface area contributed by atoms with Crippen LogP contribution in [0.5, 0.6) is 5.75 Å². The highest BCUT2D eigenvalue weighted by molar-refractivity contribution is 7.18. The van der Waals surface area contributed by atoms with E-state index >= 15 is 0 Å². The molecular formula is C18H22N4O5S. The van der Waals surface area contributed by atoms with Crippen molar-refractivity contribution in [1.82, 2.24) is 15.5 Å². The fraction of sp³-hybridized carbons (Fsp3) is 0.389. The summed E-state index contributed by atoms with van der Waals surface area (Å²) < 4.78 is 9.87. The molecule has 0 saturated carbocycles. The van der Waals surface area contributed by atoms with Gasteiger partial charge in [-0.05, 0) is 38.1 Å². The Morgan fingerprint density at radius 1 is 1.14 bits per heavy atom. The number of anilines is 1. The summed E-state index contributed by atoms with van der Waals surface area (Å²) in [6, 6.07) is 6.52. The third kappa shape index (κ3) is 6.31. The molecule has 2 N–H and O–H groups in total. The van der Waals surface area contributed by atoms with Crippen LogP contribution in [0, 0.1) is 0 Å². The van der Waals surface area contributed by atoms with E-state index in [-0.39, 0.29) is 19.4 Å². The van der Waals surface area contributed by atoms with Gasteiger partial charge in [-0.2, -0.15) is 0 Å². The zero-order chi connectivity index (χ0) is 20.5. The number of hydrogen-bond acceptors (Lipinski definition) is 8. The molecule has 2 aromatic rings. The Balaban J connectivity index is 1.85. The van der Waals surface area contributed by atoms with E-state index in [1.807, 2.05) is 24.3 Å². The van der Waals surface area contributed by atoms with Crippen molar-refractivity contribution in [3.8, 4) is 16.3 Å². The number of carbonyl (C=O) groups is 3. The zero-order valence-electron chi connectivity index (χ0n) is 15.9. The Morgan fingerprint density at radius 3 is 2.50 bits per heavy atom. The molecule has 1 aromatic heterocycles. The monoisotopic (exact) mass is 406 g/mol. The summed E-state index contributed by atoms with van der Waals surface area (Å²) in [6.07, 6.45) is -0.0769. The molecule has 1 aromatic carbocycles. The second-order valence-electron chi connectivity index (χ2n) is 5.72. The number of aromatic nitrogens is 2.